The van der Waals surface area contributed by atoms with Crippen LogP contribution in [-0.2, 0) is 0 Å². The van der Waals surface area contributed by atoms with Crippen LogP contribution in [0.3, 0.4) is 0 Å². The van der Waals surface area contributed by atoms with E-state index in [1.54, 1.807) is 5.56 Å². The quantitative estimate of drug-likeness (QED) is 0.842. The highest BCUT2D eigenvalue weighted by Gasteiger charge is 2.29. The van der Waals surface area contributed by atoms with Crippen molar-refractivity contribution in [1.82, 2.24) is 5.32 Å². The first-order chi connectivity index (χ1) is 8.63. The predicted octanol–water partition coefficient (Wildman–Crippen LogP) is 4.11. The highest BCUT2D eigenvalue weighted by Crippen LogP contribution is 2.41. The third-order valence-corrected chi connectivity index (χ3v) is 4.60. The van der Waals surface area contributed by atoms with E-state index >= 15 is 0 Å². The molecule has 1 aromatic rings. The van der Waals surface area contributed by atoms with Crippen LogP contribution in [0.1, 0.15) is 54.4 Å². The maximum absolute atomic E-state index is 3.54. The van der Waals surface area contributed by atoms with E-state index in [1.807, 2.05) is 0 Å². The minimum atomic E-state index is 0.781. The van der Waals surface area contributed by atoms with Gasteiger partial charge in [-0.2, -0.15) is 0 Å². The number of hydrogen-bond acceptors (Lipinski definition) is 1. The lowest BCUT2D eigenvalue weighted by atomic mass is 9.84. The highest BCUT2D eigenvalue weighted by molar-refractivity contribution is 5.39. The lowest BCUT2D eigenvalue weighted by Crippen LogP contribution is -2.24. The number of benzene rings is 1. The first-order valence-corrected chi connectivity index (χ1v) is 7.42. The van der Waals surface area contributed by atoms with Crippen LogP contribution in [0.5, 0.6) is 0 Å². The fourth-order valence-corrected chi connectivity index (χ4v) is 3.40. The Kier molecular flexibility index (Phi) is 4.45. The Morgan fingerprint density at radius 3 is 2.50 bits per heavy atom. The molecule has 1 fully saturated rings. The zero-order valence-electron chi connectivity index (χ0n) is 12.3. The summed E-state index contributed by atoms with van der Waals surface area (Å²) in [4.78, 5) is 0. The van der Waals surface area contributed by atoms with E-state index in [-0.39, 0.29) is 0 Å². The zero-order chi connectivity index (χ0) is 13.1. The minimum Gasteiger partial charge on any atom is -0.317 e. The molecule has 2 rings (SSSR count). The first-order valence-electron chi connectivity index (χ1n) is 7.42. The topological polar surface area (TPSA) is 12.0 Å². The summed E-state index contributed by atoms with van der Waals surface area (Å²) in [7, 11) is 0. The van der Waals surface area contributed by atoms with Gasteiger partial charge in [-0.25, -0.2) is 0 Å². The Morgan fingerprint density at radius 1 is 1.06 bits per heavy atom. The van der Waals surface area contributed by atoms with E-state index < -0.39 is 0 Å². The molecular weight excluding hydrogens is 218 g/mol. The van der Waals surface area contributed by atoms with Crippen molar-refractivity contribution < 1.29 is 0 Å². The van der Waals surface area contributed by atoms with Crippen molar-refractivity contribution in [1.29, 1.82) is 0 Å². The van der Waals surface area contributed by atoms with Crippen molar-refractivity contribution in [3.63, 3.8) is 0 Å². The number of rotatable bonds is 4. The fourth-order valence-electron chi connectivity index (χ4n) is 3.40. The Labute approximate surface area is 112 Å². The molecule has 0 aromatic heterocycles. The Hall–Kier alpha value is -0.820. The standard InChI is InChI=1S/C17H27N/c1-5-18-11-15-7-6-8-16(15)17-10-13(3)12(2)9-14(17)4/h9-10,15-16,18H,5-8,11H2,1-4H3. The van der Waals surface area contributed by atoms with Gasteiger partial charge in [-0.1, -0.05) is 25.5 Å². The lowest BCUT2D eigenvalue weighted by molar-refractivity contribution is 0.449. The van der Waals surface area contributed by atoms with Crippen molar-refractivity contribution in [3.05, 3.63) is 34.4 Å². The van der Waals surface area contributed by atoms with Crippen LogP contribution >= 0.6 is 0 Å². The van der Waals surface area contributed by atoms with E-state index in [1.165, 1.54) is 42.5 Å². The summed E-state index contributed by atoms with van der Waals surface area (Å²) >= 11 is 0. The van der Waals surface area contributed by atoms with Crippen LogP contribution in [0.4, 0.5) is 0 Å². The number of nitrogens with one attached hydrogen (secondary N) is 1. The van der Waals surface area contributed by atoms with Crippen LogP contribution < -0.4 is 5.32 Å². The summed E-state index contributed by atoms with van der Waals surface area (Å²) in [6.45, 7) is 11.2. The zero-order valence-corrected chi connectivity index (χ0v) is 12.3. The molecule has 1 aromatic carbocycles. The molecule has 100 valence electrons. The molecule has 0 saturated heterocycles. The maximum Gasteiger partial charge on any atom is -0.00148 e. The molecule has 1 N–H and O–H groups in total. The third-order valence-electron chi connectivity index (χ3n) is 4.60. The van der Waals surface area contributed by atoms with Gasteiger partial charge in [0.15, 0.2) is 0 Å². The summed E-state index contributed by atoms with van der Waals surface area (Å²) in [6.07, 6.45) is 4.16. The molecule has 1 heteroatoms. The molecule has 0 aliphatic heterocycles. The molecule has 1 nitrogen and oxygen atoms in total. The molecule has 0 amide bonds. The largest absolute Gasteiger partial charge is 0.317 e. The van der Waals surface area contributed by atoms with Gasteiger partial charge in [0.25, 0.3) is 0 Å². The Balaban J connectivity index is 2.21. The lowest BCUT2D eigenvalue weighted by Gasteiger charge is -2.23. The van der Waals surface area contributed by atoms with Gasteiger partial charge in [0, 0.05) is 0 Å². The van der Waals surface area contributed by atoms with Crippen molar-refractivity contribution >= 4 is 0 Å². The number of aryl methyl sites for hydroxylation is 3. The molecule has 0 radical (unpaired) electrons. The summed E-state index contributed by atoms with van der Waals surface area (Å²) in [5.74, 6) is 1.62. The van der Waals surface area contributed by atoms with E-state index in [9.17, 15) is 0 Å². The van der Waals surface area contributed by atoms with E-state index in [4.69, 9.17) is 0 Å². The second-order valence-electron chi connectivity index (χ2n) is 5.90. The highest BCUT2D eigenvalue weighted by atomic mass is 14.8. The van der Waals surface area contributed by atoms with Crippen LogP contribution in [0.15, 0.2) is 12.1 Å². The molecule has 2 atom stereocenters. The van der Waals surface area contributed by atoms with E-state index in [0.29, 0.717) is 0 Å². The first kappa shape index (κ1) is 13.6. The number of hydrogen-bond donors (Lipinski definition) is 1. The van der Waals surface area contributed by atoms with Crippen molar-refractivity contribution in [2.45, 2.75) is 52.9 Å². The second kappa shape index (κ2) is 5.88. The monoisotopic (exact) mass is 245 g/mol. The Bertz CT molecular complexity index is 408. The smallest absolute Gasteiger partial charge is 0.00148 e. The van der Waals surface area contributed by atoms with Gasteiger partial charge in [0.1, 0.15) is 0 Å². The fraction of sp³-hybridized carbons (Fsp3) is 0.647. The molecule has 1 aliphatic carbocycles. The van der Waals surface area contributed by atoms with Gasteiger partial charge in [0.2, 0.25) is 0 Å². The van der Waals surface area contributed by atoms with Gasteiger partial charge >= 0.3 is 0 Å². The van der Waals surface area contributed by atoms with Gasteiger partial charge in [0.05, 0.1) is 0 Å². The molecule has 0 bridgehead atoms. The molecule has 18 heavy (non-hydrogen) atoms. The normalized spacial score (nSPS) is 23.6. The van der Waals surface area contributed by atoms with Crippen molar-refractivity contribution in [3.8, 4) is 0 Å². The maximum atomic E-state index is 3.54. The van der Waals surface area contributed by atoms with Crippen LogP contribution in [0.25, 0.3) is 0 Å². The third kappa shape index (κ3) is 2.77. The molecule has 1 aliphatic rings. The van der Waals surface area contributed by atoms with Gasteiger partial charge in [-0.15, -0.1) is 0 Å². The van der Waals surface area contributed by atoms with Gasteiger partial charge < -0.3 is 5.32 Å². The summed E-state index contributed by atoms with van der Waals surface area (Å²) < 4.78 is 0. The van der Waals surface area contributed by atoms with Gasteiger partial charge in [-0.05, 0) is 80.8 Å². The SMILES string of the molecule is CCNCC1CCCC1c1cc(C)c(C)cc1C. The summed E-state index contributed by atoms with van der Waals surface area (Å²) in [5, 5.41) is 3.54. The van der Waals surface area contributed by atoms with Crippen LogP contribution in [0, 0.1) is 26.7 Å². The minimum absolute atomic E-state index is 0.781. The molecule has 0 heterocycles. The van der Waals surface area contributed by atoms with Crippen molar-refractivity contribution in [2.75, 3.05) is 13.1 Å². The molecular formula is C17H27N. The summed E-state index contributed by atoms with van der Waals surface area (Å²) in [5.41, 5.74) is 5.98. The predicted molar refractivity (Wildman–Crippen MR) is 79.3 cm³/mol. The van der Waals surface area contributed by atoms with Crippen LogP contribution in [0.2, 0.25) is 0 Å². The van der Waals surface area contributed by atoms with E-state index in [2.05, 4.69) is 45.1 Å². The average molecular weight is 245 g/mol. The average Bonchev–Trinajstić information content (AvgIpc) is 2.79. The van der Waals surface area contributed by atoms with Gasteiger partial charge in [-0.3, -0.25) is 0 Å². The molecule has 2 unspecified atom stereocenters. The second-order valence-corrected chi connectivity index (χ2v) is 5.90. The molecule has 1 saturated carbocycles. The van der Waals surface area contributed by atoms with E-state index in [0.717, 1.165) is 18.4 Å². The van der Waals surface area contributed by atoms with Crippen molar-refractivity contribution in [2.24, 2.45) is 5.92 Å². The Morgan fingerprint density at radius 2 is 1.78 bits per heavy atom. The summed E-state index contributed by atoms with van der Waals surface area (Å²) in [6, 6.07) is 4.81. The molecule has 0 spiro atoms. The van der Waals surface area contributed by atoms with Crippen LogP contribution in [-0.4, -0.2) is 13.1 Å².